The van der Waals surface area contributed by atoms with Crippen LogP contribution in [0.4, 0.5) is 0 Å². The molecule has 2 atom stereocenters. The number of nitrogens with zero attached hydrogens (tertiary/aromatic N) is 2. The maximum atomic E-state index is 12.9. The molecule has 1 aromatic rings. The van der Waals surface area contributed by atoms with Crippen LogP contribution in [-0.4, -0.2) is 49.2 Å². The molecule has 3 rings (SSSR count). The van der Waals surface area contributed by atoms with E-state index in [-0.39, 0.29) is 12.0 Å². The summed E-state index contributed by atoms with van der Waals surface area (Å²) in [5.41, 5.74) is 7.36. The van der Waals surface area contributed by atoms with Gasteiger partial charge in [-0.2, -0.15) is 17.0 Å². The summed E-state index contributed by atoms with van der Waals surface area (Å²) < 4.78 is 29.0. The van der Waals surface area contributed by atoms with Crippen molar-refractivity contribution in [2.45, 2.75) is 37.6 Å². The first kappa shape index (κ1) is 15.9. The molecule has 0 amide bonds. The molecule has 2 heterocycles. The lowest BCUT2D eigenvalue weighted by Crippen LogP contribution is -2.44. The summed E-state index contributed by atoms with van der Waals surface area (Å²) in [5.74, 6) is 0.0861. The molecule has 2 fully saturated rings. The molecule has 0 unspecified atom stereocenters. The molecule has 2 aliphatic rings. The van der Waals surface area contributed by atoms with Crippen molar-refractivity contribution in [1.82, 2.24) is 8.61 Å². The van der Waals surface area contributed by atoms with Crippen molar-refractivity contribution in [2.24, 2.45) is 5.73 Å². The van der Waals surface area contributed by atoms with Crippen molar-refractivity contribution in [2.75, 3.05) is 26.2 Å². The number of benzene rings is 1. The minimum Gasteiger partial charge on any atom is -0.326 e. The van der Waals surface area contributed by atoms with Crippen molar-refractivity contribution in [3.05, 3.63) is 35.9 Å². The maximum Gasteiger partial charge on any atom is 0.282 e. The Kier molecular flexibility index (Phi) is 4.82. The van der Waals surface area contributed by atoms with Gasteiger partial charge < -0.3 is 5.73 Å². The number of rotatable bonds is 3. The van der Waals surface area contributed by atoms with Gasteiger partial charge in [0.15, 0.2) is 0 Å². The molecule has 122 valence electrons. The van der Waals surface area contributed by atoms with E-state index in [1.165, 1.54) is 0 Å². The van der Waals surface area contributed by atoms with E-state index in [9.17, 15) is 8.42 Å². The van der Waals surface area contributed by atoms with E-state index in [2.05, 4.69) is 0 Å². The molecule has 0 bridgehead atoms. The second-order valence-corrected chi connectivity index (χ2v) is 8.25. The SMILES string of the molecule is N[C@H]1CN(S(=O)(=O)N2CCCCCC2)C[C@@H]1c1ccccc1. The standard InChI is InChI=1S/C16H25N3O2S/c17-16-13-19(12-15(16)14-8-4-3-5-9-14)22(20,21)18-10-6-1-2-7-11-18/h3-5,8-9,15-16H,1-2,6-7,10-13,17H2/t15-,16+/m1/s1. The minimum absolute atomic E-state index is 0.0861. The van der Waals surface area contributed by atoms with Gasteiger partial charge in [0.1, 0.15) is 0 Å². The number of nitrogens with two attached hydrogens (primary N) is 1. The smallest absolute Gasteiger partial charge is 0.282 e. The second-order valence-electron chi connectivity index (χ2n) is 6.32. The average Bonchev–Trinajstić information content (AvgIpc) is 2.75. The molecule has 2 saturated heterocycles. The Morgan fingerprint density at radius 3 is 2.18 bits per heavy atom. The van der Waals surface area contributed by atoms with Crippen LogP contribution in [0.2, 0.25) is 0 Å². The van der Waals surface area contributed by atoms with E-state index >= 15 is 0 Å². The topological polar surface area (TPSA) is 66.6 Å². The zero-order valence-corrected chi connectivity index (χ0v) is 13.7. The Balaban J connectivity index is 1.75. The number of hydrogen-bond acceptors (Lipinski definition) is 3. The van der Waals surface area contributed by atoms with E-state index in [4.69, 9.17) is 5.73 Å². The predicted molar refractivity (Wildman–Crippen MR) is 87.7 cm³/mol. The van der Waals surface area contributed by atoms with Gasteiger partial charge in [0.2, 0.25) is 0 Å². The molecule has 22 heavy (non-hydrogen) atoms. The summed E-state index contributed by atoms with van der Waals surface area (Å²) in [7, 11) is -3.37. The minimum atomic E-state index is -3.37. The fraction of sp³-hybridized carbons (Fsp3) is 0.625. The van der Waals surface area contributed by atoms with Crippen LogP contribution in [0.3, 0.4) is 0 Å². The lowest BCUT2D eigenvalue weighted by Gasteiger charge is -2.26. The first-order chi connectivity index (χ1) is 10.6. The van der Waals surface area contributed by atoms with Crippen molar-refractivity contribution >= 4 is 10.2 Å². The van der Waals surface area contributed by atoms with Crippen LogP contribution in [0.1, 0.15) is 37.2 Å². The van der Waals surface area contributed by atoms with Gasteiger partial charge in [-0.3, -0.25) is 0 Å². The molecular weight excluding hydrogens is 298 g/mol. The highest BCUT2D eigenvalue weighted by Gasteiger charge is 2.40. The molecule has 1 aromatic carbocycles. The summed E-state index contributed by atoms with van der Waals surface area (Å²) in [5, 5.41) is 0. The Morgan fingerprint density at radius 1 is 0.909 bits per heavy atom. The van der Waals surface area contributed by atoms with Crippen LogP contribution in [-0.2, 0) is 10.2 Å². The maximum absolute atomic E-state index is 12.9. The first-order valence-corrected chi connectivity index (χ1v) is 9.54. The van der Waals surface area contributed by atoms with Crippen molar-refractivity contribution in [1.29, 1.82) is 0 Å². The molecule has 5 nitrogen and oxygen atoms in total. The Bertz CT molecular complexity index is 583. The summed E-state index contributed by atoms with van der Waals surface area (Å²) in [6, 6.07) is 9.86. The van der Waals surface area contributed by atoms with Gasteiger partial charge in [-0.05, 0) is 18.4 Å². The quantitative estimate of drug-likeness (QED) is 0.917. The fourth-order valence-corrected chi connectivity index (χ4v) is 5.22. The molecule has 0 spiro atoms. The lowest BCUT2D eigenvalue weighted by molar-refractivity contribution is 0.364. The Hall–Kier alpha value is -0.950. The van der Waals surface area contributed by atoms with Crippen molar-refractivity contribution in [3.63, 3.8) is 0 Å². The first-order valence-electron chi connectivity index (χ1n) is 8.15. The third-order valence-corrected chi connectivity index (χ3v) is 6.75. The van der Waals surface area contributed by atoms with Crippen LogP contribution in [0.5, 0.6) is 0 Å². The van der Waals surface area contributed by atoms with Crippen molar-refractivity contribution < 1.29 is 8.42 Å². The van der Waals surface area contributed by atoms with Gasteiger partial charge in [-0.25, -0.2) is 0 Å². The molecule has 0 radical (unpaired) electrons. The highest BCUT2D eigenvalue weighted by Crippen LogP contribution is 2.29. The summed E-state index contributed by atoms with van der Waals surface area (Å²) >= 11 is 0. The highest BCUT2D eigenvalue weighted by atomic mass is 32.2. The van der Waals surface area contributed by atoms with Gasteiger partial charge >= 0.3 is 0 Å². The third-order valence-electron chi connectivity index (χ3n) is 4.78. The van der Waals surface area contributed by atoms with Gasteiger partial charge in [0.25, 0.3) is 10.2 Å². The highest BCUT2D eigenvalue weighted by molar-refractivity contribution is 7.86. The Morgan fingerprint density at radius 2 is 1.55 bits per heavy atom. The van der Waals surface area contributed by atoms with E-state index in [1.54, 1.807) is 8.61 Å². The molecule has 2 N–H and O–H groups in total. The molecule has 6 heteroatoms. The van der Waals surface area contributed by atoms with Gasteiger partial charge in [0.05, 0.1) is 0 Å². The third kappa shape index (κ3) is 3.20. The normalized spacial score (nSPS) is 28.6. The molecular formula is C16H25N3O2S. The largest absolute Gasteiger partial charge is 0.326 e. The summed E-state index contributed by atoms with van der Waals surface area (Å²) in [4.78, 5) is 0. The monoisotopic (exact) mass is 323 g/mol. The Labute approximate surface area is 133 Å². The van der Waals surface area contributed by atoms with Crippen LogP contribution >= 0.6 is 0 Å². The van der Waals surface area contributed by atoms with Crippen LogP contribution < -0.4 is 5.73 Å². The van der Waals surface area contributed by atoms with E-state index < -0.39 is 10.2 Å². The van der Waals surface area contributed by atoms with Gasteiger partial charge in [-0.15, -0.1) is 0 Å². The zero-order chi connectivity index (χ0) is 15.6. The number of hydrogen-bond donors (Lipinski definition) is 1. The summed E-state index contributed by atoms with van der Waals surface area (Å²) in [6.45, 7) is 2.19. The zero-order valence-electron chi connectivity index (χ0n) is 12.9. The summed E-state index contributed by atoms with van der Waals surface area (Å²) in [6.07, 6.45) is 4.17. The van der Waals surface area contributed by atoms with Crippen LogP contribution in [0, 0.1) is 0 Å². The van der Waals surface area contributed by atoms with Gasteiger partial charge in [0, 0.05) is 38.1 Å². The van der Waals surface area contributed by atoms with E-state index in [0.717, 1.165) is 31.2 Å². The van der Waals surface area contributed by atoms with E-state index in [1.807, 2.05) is 30.3 Å². The molecule has 0 aromatic heterocycles. The lowest BCUT2D eigenvalue weighted by atomic mass is 9.95. The van der Waals surface area contributed by atoms with Crippen molar-refractivity contribution in [3.8, 4) is 0 Å². The van der Waals surface area contributed by atoms with Gasteiger partial charge in [-0.1, -0.05) is 43.2 Å². The second kappa shape index (κ2) is 6.66. The molecule has 0 aliphatic carbocycles. The van der Waals surface area contributed by atoms with E-state index in [0.29, 0.717) is 26.2 Å². The fourth-order valence-electron chi connectivity index (χ4n) is 3.47. The average molecular weight is 323 g/mol. The predicted octanol–water partition coefficient (Wildman–Crippen LogP) is 1.53. The van der Waals surface area contributed by atoms with Crippen LogP contribution in [0.15, 0.2) is 30.3 Å². The van der Waals surface area contributed by atoms with Crippen LogP contribution in [0.25, 0.3) is 0 Å². The molecule has 2 aliphatic heterocycles. The molecule has 0 saturated carbocycles.